The lowest BCUT2D eigenvalue weighted by molar-refractivity contribution is -0.385. The molecule has 1 amide bonds. The van der Waals surface area contributed by atoms with Crippen molar-refractivity contribution >= 4 is 27.5 Å². The van der Waals surface area contributed by atoms with Crippen molar-refractivity contribution in [3.05, 3.63) is 38.3 Å². The van der Waals surface area contributed by atoms with Gasteiger partial charge in [0.25, 0.3) is 5.69 Å². The third kappa shape index (κ3) is 2.94. The Morgan fingerprint density at radius 3 is 2.95 bits per heavy atom. The molecule has 1 aliphatic rings. The minimum absolute atomic E-state index is 0.0370. The van der Waals surface area contributed by atoms with Gasteiger partial charge in [-0.3, -0.25) is 14.9 Å². The minimum atomic E-state index is -0.422. The molecule has 1 aliphatic heterocycles. The van der Waals surface area contributed by atoms with Crippen LogP contribution in [0.5, 0.6) is 0 Å². The van der Waals surface area contributed by atoms with Crippen molar-refractivity contribution in [1.82, 2.24) is 4.90 Å². The lowest BCUT2D eigenvalue weighted by atomic mass is 9.98. The molecule has 0 N–H and O–H groups in total. The van der Waals surface area contributed by atoms with E-state index in [1.807, 2.05) is 13.0 Å². The number of carbonyl (C=O) groups is 1. The molecule has 0 bridgehead atoms. The number of nitro groups is 1. The maximum atomic E-state index is 12.0. The predicted molar refractivity (Wildman–Crippen MR) is 74.6 cm³/mol. The number of piperidine rings is 1. The molecule has 102 valence electrons. The highest BCUT2D eigenvalue weighted by atomic mass is 79.9. The van der Waals surface area contributed by atoms with Crippen LogP contribution in [0.25, 0.3) is 0 Å². The van der Waals surface area contributed by atoms with Crippen LogP contribution in [0, 0.1) is 16.0 Å². The van der Waals surface area contributed by atoms with Gasteiger partial charge in [-0.25, -0.2) is 0 Å². The number of carbonyl (C=O) groups excluding carboxylic acids is 1. The van der Waals surface area contributed by atoms with E-state index in [9.17, 15) is 14.9 Å². The van der Waals surface area contributed by atoms with Gasteiger partial charge in [0, 0.05) is 25.1 Å². The van der Waals surface area contributed by atoms with Gasteiger partial charge in [-0.1, -0.05) is 19.1 Å². The first kappa shape index (κ1) is 14.0. The Balaban J connectivity index is 2.21. The molecule has 6 heteroatoms. The van der Waals surface area contributed by atoms with Crippen LogP contribution in [-0.2, 0) is 11.3 Å². The van der Waals surface area contributed by atoms with Gasteiger partial charge in [0.1, 0.15) is 4.47 Å². The molecule has 1 heterocycles. The first-order valence-corrected chi connectivity index (χ1v) is 7.00. The van der Waals surface area contributed by atoms with Gasteiger partial charge < -0.3 is 4.90 Å². The largest absolute Gasteiger partial charge is 0.338 e. The number of hydrogen-bond donors (Lipinski definition) is 0. The second-order valence-electron chi connectivity index (χ2n) is 4.81. The number of nitro benzene ring substituents is 1. The second kappa shape index (κ2) is 5.69. The maximum Gasteiger partial charge on any atom is 0.283 e. The van der Waals surface area contributed by atoms with Crippen molar-refractivity contribution in [3.63, 3.8) is 0 Å². The van der Waals surface area contributed by atoms with Gasteiger partial charge >= 0.3 is 0 Å². The van der Waals surface area contributed by atoms with Gasteiger partial charge in [0.05, 0.1) is 4.92 Å². The van der Waals surface area contributed by atoms with E-state index in [1.54, 1.807) is 11.0 Å². The molecule has 1 aromatic carbocycles. The van der Waals surface area contributed by atoms with E-state index in [0.717, 1.165) is 24.9 Å². The molecular formula is C13H15BrN2O3. The first-order valence-electron chi connectivity index (χ1n) is 6.21. The SMILES string of the molecule is CC1CCCN(Cc2cccc([N+](=O)[O-])c2Br)C1=O. The van der Waals surface area contributed by atoms with E-state index >= 15 is 0 Å². The number of hydrogen-bond acceptors (Lipinski definition) is 3. The normalized spacial score (nSPS) is 19.6. The van der Waals surface area contributed by atoms with Crippen molar-refractivity contribution < 1.29 is 9.72 Å². The standard InChI is InChI=1S/C13H15BrN2O3/c1-9-4-3-7-15(13(9)17)8-10-5-2-6-11(12(10)14)16(18)19/h2,5-6,9H,3-4,7-8H2,1H3. The molecule has 0 saturated carbocycles. The van der Waals surface area contributed by atoms with Gasteiger partial charge in [-0.2, -0.15) is 0 Å². The zero-order chi connectivity index (χ0) is 14.0. The first-order chi connectivity index (χ1) is 9.00. The fourth-order valence-corrected chi connectivity index (χ4v) is 2.86. The monoisotopic (exact) mass is 326 g/mol. The molecular weight excluding hydrogens is 312 g/mol. The highest BCUT2D eigenvalue weighted by Gasteiger charge is 2.26. The average Bonchev–Trinajstić information content (AvgIpc) is 2.37. The van der Waals surface area contributed by atoms with E-state index in [0.29, 0.717) is 11.0 Å². The molecule has 1 saturated heterocycles. The Labute approximate surface area is 119 Å². The van der Waals surface area contributed by atoms with Crippen molar-refractivity contribution in [2.75, 3.05) is 6.54 Å². The molecule has 0 radical (unpaired) electrons. The van der Waals surface area contributed by atoms with Crippen LogP contribution in [0.4, 0.5) is 5.69 Å². The van der Waals surface area contributed by atoms with Crippen molar-refractivity contribution in [3.8, 4) is 0 Å². The maximum absolute atomic E-state index is 12.0. The number of nitrogens with zero attached hydrogens (tertiary/aromatic N) is 2. The Morgan fingerprint density at radius 2 is 2.26 bits per heavy atom. The number of rotatable bonds is 3. The van der Waals surface area contributed by atoms with Gasteiger partial charge in [-0.15, -0.1) is 0 Å². The summed E-state index contributed by atoms with van der Waals surface area (Å²) >= 11 is 3.26. The number of amides is 1. The summed E-state index contributed by atoms with van der Waals surface area (Å²) in [5.74, 6) is 0.177. The molecule has 1 fully saturated rings. The van der Waals surface area contributed by atoms with Crippen LogP contribution < -0.4 is 0 Å². The molecule has 0 spiro atoms. The zero-order valence-corrected chi connectivity index (χ0v) is 12.2. The summed E-state index contributed by atoms with van der Waals surface area (Å²) in [5, 5.41) is 10.9. The molecule has 1 atom stereocenters. The zero-order valence-electron chi connectivity index (χ0n) is 10.6. The van der Waals surface area contributed by atoms with E-state index in [2.05, 4.69) is 15.9 Å². The van der Waals surface area contributed by atoms with E-state index in [4.69, 9.17) is 0 Å². The highest BCUT2D eigenvalue weighted by Crippen LogP contribution is 2.30. The van der Waals surface area contributed by atoms with Crippen molar-refractivity contribution in [2.45, 2.75) is 26.3 Å². The molecule has 0 aromatic heterocycles. The third-order valence-corrected chi connectivity index (χ3v) is 4.33. The molecule has 5 nitrogen and oxygen atoms in total. The van der Waals surface area contributed by atoms with Crippen LogP contribution in [0.1, 0.15) is 25.3 Å². The Hall–Kier alpha value is -1.43. The van der Waals surface area contributed by atoms with E-state index in [1.165, 1.54) is 6.07 Å². The lowest BCUT2D eigenvalue weighted by Gasteiger charge is -2.30. The van der Waals surface area contributed by atoms with E-state index < -0.39 is 4.92 Å². The van der Waals surface area contributed by atoms with Gasteiger partial charge in [0.2, 0.25) is 5.91 Å². The minimum Gasteiger partial charge on any atom is -0.338 e. The quantitative estimate of drug-likeness (QED) is 0.633. The Kier molecular flexibility index (Phi) is 4.19. The number of benzene rings is 1. The van der Waals surface area contributed by atoms with Crippen molar-refractivity contribution in [1.29, 1.82) is 0 Å². The fourth-order valence-electron chi connectivity index (χ4n) is 2.33. The molecule has 1 aromatic rings. The Bertz CT molecular complexity index is 519. The van der Waals surface area contributed by atoms with E-state index in [-0.39, 0.29) is 17.5 Å². The smallest absolute Gasteiger partial charge is 0.283 e. The summed E-state index contributed by atoms with van der Waals surface area (Å²) in [6, 6.07) is 4.91. The molecule has 2 rings (SSSR count). The lowest BCUT2D eigenvalue weighted by Crippen LogP contribution is -2.39. The number of likely N-dealkylation sites (tertiary alicyclic amines) is 1. The van der Waals surface area contributed by atoms with Crippen LogP contribution in [0.2, 0.25) is 0 Å². The fraction of sp³-hybridized carbons (Fsp3) is 0.462. The van der Waals surface area contributed by atoms with Gasteiger partial charge in [0.15, 0.2) is 0 Å². The topological polar surface area (TPSA) is 63.4 Å². The summed E-state index contributed by atoms with van der Waals surface area (Å²) in [7, 11) is 0. The summed E-state index contributed by atoms with van der Waals surface area (Å²) in [6.07, 6.45) is 1.91. The van der Waals surface area contributed by atoms with Crippen LogP contribution in [0.15, 0.2) is 22.7 Å². The molecule has 0 aliphatic carbocycles. The molecule has 19 heavy (non-hydrogen) atoms. The average molecular weight is 327 g/mol. The summed E-state index contributed by atoms with van der Waals surface area (Å²) in [6.45, 7) is 3.07. The third-order valence-electron chi connectivity index (χ3n) is 3.41. The highest BCUT2D eigenvalue weighted by molar-refractivity contribution is 9.10. The van der Waals surface area contributed by atoms with Crippen LogP contribution in [0.3, 0.4) is 0 Å². The van der Waals surface area contributed by atoms with Crippen molar-refractivity contribution in [2.24, 2.45) is 5.92 Å². The van der Waals surface area contributed by atoms with Crippen LogP contribution >= 0.6 is 15.9 Å². The summed E-state index contributed by atoms with van der Waals surface area (Å²) < 4.78 is 0.464. The second-order valence-corrected chi connectivity index (χ2v) is 5.60. The van der Waals surface area contributed by atoms with Gasteiger partial charge in [-0.05, 0) is 34.3 Å². The summed E-state index contributed by atoms with van der Waals surface area (Å²) in [4.78, 5) is 24.3. The molecule has 1 unspecified atom stereocenters. The number of halogens is 1. The van der Waals surface area contributed by atoms with Crippen LogP contribution in [-0.4, -0.2) is 22.3 Å². The summed E-state index contributed by atoms with van der Waals surface area (Å²) in [5.41, 5.74) is 0.812. The Morgan fingerprint density at radius 1 is 1.53 bits per heavy atom. The predicted octanol–water partition coefficient (Wildman–Crippen LogP) is 3.12.